The van der Waals surface area contributed by atoms with E-state index in [2.05, 4.69) is 16.5 Å². The second-order valence-electron chi connectivity index (χ2n) is 8.18. The van der Waals surface area contributed by atoms with E-state index >= 15 is 0 Å². The third-order valence-electron chi connectivity index (χ3n) is 4.84. The second kappa shape index (κ2) is 7.09. The van der Waals surface area contributed by atoms with Crippen molar-refractivity contribution in [2.75, 3.05) is 18.8 Å². The van der Waals surface area contributed by atoms with E-state index in [0.29, 0.717) is 18.9 Å². The van der Waals surface area contributed by atoms with Crippen molar-refractivity contribution in [3.8, 4) is 11.1 Å². The predicted octanol–water partition coefficient (Wildman–Crippen LogP) is 4.15. The number of ether oxygens (including phenoxy) is 1. The number of fused-ring (bicyclic) bond motifs is 1. The molecule has 4 heterocycles. The van der Waals surface area contributed by atoms with Gasteiger partial charge in [0.2, 0.25) is 0 Å². The number of anilines is 1. The van der Waals surface area contributed by atoms with Crippen LogP contribution in [-0.2, 0) is 4.74 Å². The van der Waals surface area contributed by atoms with Crippen molar-refractivity contribution in [1.29, 1.82) is 0 Å². The van der Waals surface area contributed by atoms with Crippen molar-refractivity contribution >= 4 is 28.9 Å². The smallest absolute Gasteiger partial charge is 0.410 e. The number of carbonyl (C=O) groups is 1. The van der Waals surface area contributed by atoms with Gasteiger partial charge >= 0.3 is 6.09 Å². The van der Waals surface area contributed by atoms with Gasteiger partial charge < -0.3 is 15.4 Å². The minimum Gasteiger partial charge on any atom is -0.444 e. The molecular formula is C20H25N5O2S. The molecule has 1 amide bonds. The summed E-state index contributed by atoms with van der Waals surface area (Å²) in [6, 6.07) is 3.93. The van der Waals surface area contributed by atoms with Crippen LogP contribution in [0.2, 0.25) is 0 Å². The van der Waals surface area contributed by atoms with Gasteiger partial charge in [0.05, 0.1) is 11.9 Å². The van der Waals surface area contributed by atoms with E-state index < -0.39 is 5.60 Å². The fourth-order valence-electron chi connectivity index (χ4n) is 3.55. The molecular weight excluding hydrogens is 374 g/mol. The highest BCUT2D eigenvalue weighted by Gasteiger charge is 2.29. The summed E-state index contributed by atoms with van der Waals surface area (Å²) in [4.78, 5) is 19.1. The molecule has 1 aliphatic heterocycles. The van der Waals surface area contributed by atoms with Gasteiger partial charge in [-0.15, -0.1) is 0 Å². The molecule has 0 aliphatic carbocycles. The number of piperidine rings is 1. The van der Waals surface area contributed by atoms with Gasteiger partial charge in [0.25, 0.3) is 0 Å². The molecule has 0 bridgehead atoms. The minimum atomic E-state index is -0.501. The third kappa shape index (κ3) is 3.69. The number of rotatable bonds is 2. The van der Waals surface area contributed by atoms with Crippen molar-refractivity contribution in [3.63, 3.8) is 0 Å². The standard InChI is InChI=1S/C20H25N5O2S/c1-20(2,3)27-19(26)24-7-4-5-13(11-24)16-9-17(21)25-18(23-16)15(10-22-25)14-6-8-28-12-14/h6,8-10,12-13H,4-5,7,11,21H2,1-3H3. The van der Waals surface area contributed by atoms with Crippen LogP contribution >= 0.6 is 11.3 Å². The number of aromatic nitrogens is 3. The Hall–Kier alpha value is -2.61. The highest BCUT2D eigenvalue weighted by molar-refractivity contribution is 7.08. The van der Waals surface area contributed by atoms with E-state index in [1.807, 2.05) is 32.2 Å². The molecule has 1 atom stereocenters. The number of thiophene rings is 1. The van der Waals surface area contributed by atoms with Crippen LogP contribution in [0.1, 0.15) is 45.2 Å². The largest absolute Gasteiger partial charge is 0.444 e. The van der Waals surface area contributed by atoms with Crippen LogP contribution in [0, 0.1) is 0 Å². The fraction of sp³-hybridized carbons (Fsp3) is 0.450. The molecule has 2 N–H and O–H groups in total. The van der Waals surface area contributed by atoms with Crippen molar-refractivity contribution in [3.05, 3.63) is 34.8 Å². The maximum Gasteiger partial charge on any atom is 0.410 e. The van der Waals surface area contributed by atoms with E-state index in [0.717, 1.165) is 35.3 Å². The van der Waals surface area contributed by atoms with Crippen LogP contribution in [0.15, 0.2) is 29.1 Å². The number of nitrogens with zero attached hydrogens (tertiary/aromatic N) is 4. The summed E-state index contributed by atoms with van der Waals surface area (Å²) in [5, 5.41) is 8.50. The molecule has 0 aromatic carbocycles. The Kier molecular flexibility index (Phi) is 4.74. The molecule has 1 saturated heterocycles. The Balaban J connectivity index is 1.63. The van der Waals surface area contributed by atoms with E-state index in [-0.39, 0.29) is 12.0 Å². The molecule has 1 unspecified atom stereocenters. The van der Waals surface area contributed by atoms with Gasteiger partial charge in [-0.3, -0.25) is 0 Å². The lowest BCUT2D eigenvalue weighted by Gasteiger charge is -2.34. The monoisotopic (exact) mass is 399 g/mol. The van der Waals surface area contributed by atoms with E-state index in [1.54, 1.807) is 26.9 Å². The maximum atomic E-state index is 12.5. The zero-order chi connectivity index (χ0) is 19.9. The quantitative estimate of drug-likeness (QED) is 0.699. The molecule has 3 aromatic heterocycles. The van der Waals surface area contributed by atoms with Crippen LogP contribution in [0.3, 0.4) is 0 Å². The number of hydrogen-bond acceptors (Lipinski definition) is 6. The average Bonchev–Trinajstić information content (AvgIpc) is 3.29. The molecule has 7 nitrogen and oxygen atoms in total. The molecule has 148 valence electrons. The van der Waals surface area contributed by atoms with Gasteiger partial charge in [0.15, 0.2) is 5.65 Å². The molecule has 8 heteroatoms. The summed E-state index contributed by atoms with van der Waals surface area (Å²) in [5.74, 6) is 0.676. The Morgan fingerprint density at radius 1 is 1.39 bits per heavy atom. The number of likely N-dealkylation sites (tertiary alicyclic amines) is 1. The lowest BCUT2D eigenvalue weighted by Crippen LogP contribution is -2.42. The molecule has 0 radical (unpaired) electrons. The number of amides is 1. The number of carbonyl (C=O) groups excluding carboxylic acids is 1. The van der Waals surface area contributed by atoms with Gasteiger partial charge in [-0.25, -0.2) is 9.78 Å². The summed E-state index contributed by atoms with van der Waals surface area (Å²) in [6.45, 7) is 6.94. The van der Waals surface area contributed by atoms with E-state index in [4.69, 9.17) is 15.5 Å². The van der Waals surface area contributed by atoms with Gasteiger partial charge in [0.1, 0.15) is 11.4 Å². The van der Waals surface area contributed by atoms with E-state index in [1.165, 1.54) is 0 Å². The van der Waals surface area contributed by atoms with Crippen LogP contribution in [-0.4, -0.2) is 44.3 Å². The molecule has 28 heavy (non-hydrogen) atoms. The van der Waals surface area contributed by atoms with E-state index in [9.17, 15) is 4.79 Å². The van der Waals surface area contributed by atoms with Crippen molar-refractivity contribution < 1.29 is 9.53 Å². The zero-order valence-corrected chi connectivity index (χ0v) is 17.2. The molecule has 3 aromatic rings. The number of nitrogens with two attached hydrogens (primary N) is 1. The van der Waals surface area contributed by atoms with Crippen LogP contribution < -0.4 is 5.73 Å². The van der Waals surface area contributed by atoms with Gasteiger partial charge in [0, 0.05) is 30.6 Å². The lowest BCUT2D eigenvalue weighted by molar-refractivity contribution is 0.0197. The lowest BCUT2D eigenvalue weighted by atomic mass is 9.94. The maximum absolute atomic E-state index is 12.5. The minimum absolute atomic E-state index is 0.124. The Morgan fingerprint density at radius 3 is 2.93 bits per heavy atom. The first-order chi connectivity index (χ1) is 13.3. The fourth-order valence-corrected chi connectivity index (χ4v) is 4.20. The van der Waals surface area contributed by atoms with Gasteiger partial charge in [-0.1, -0.05) is 0 Å². The highest BCUT2D eigenvalue weighted by atomic mass is 32.1. The molecule has 1 aliphatic rings. The summed E-state index contributed by atoms with van der Waals surface area (Å²) in [7, 11) is 0. The SMILES string of the molecule is CC(C)(C)OC(=O)N1CCCC(c2cc(N)n3ncc(-c4ccsc4)c3n2)C1. The normalized spacial score (nSPS) is 17.8. The average molecular weight is 400 g/mol. The highest BCUT2D eigenvalue weighted by Crippen LogP contribution is 2.31. The van der Waals surface area contributed by atoms with Crippen molar-refractivity contribution in [1.82, 2.24) is 19.5 Å². The predicted molar refractivity (Wildman–Crippen MR) is 110 cm³/mol. The van der Waals surface area contributed by atoms with Gasteiger partial charge in [-0.2, -0.15) is 21.0 Å². The van der Waals surface area contributed by atoms with Crippen LogP contribution in [0.5, 0.6) is 0 Å². The van der Waals surface area contributed by atoms with Crippen LogP contribution in [0.4, 0.5) is 10.6 Å². The third-order valence-corrected chi connectivity index (χ3v) is 5.53. The summed E-state index contributed by atoms with van der Waals surface area (Å²) in [6.07, 6.45) is 3.41. The first kappa shape index (κ1) is 18.7. The Bertz CT molecular complexity index is 990. The van der Waals surface area contributed by atoms with Crippen molar-refractivity contribution in [2.24, 2.45) is 0 Å². The molecule has 0 saturated carbocycles. The van der Waals surface area contributed by atoms with Crippen molar-refractivity contribution in [2.45, 2.75) is 45.1 Å². The first-order valence-electron chi connectivity index (χ1n) is 9.46. The first-order valence-corrected chi connectivity index (χ1v) is 10.4. The summed E-state index contributed by atoms with van der Waals surface area (Å²) in [5.41, 5.74) is 9.47. The molecule has 0 spiro atoms. The Morgan fingerprint density at radius 2 is 2.21 bits per heavy atom. The molecule has 1 fully saturated rings. The second-order valence-corrected chi connectivity index (χ2v) is 8.96. The van der Waals surface area contributed by atoms with Crippen LogP contribution in [0.25, 0.3) is 16.8 Å². The van der Waals surface area contributed by atoms with Gasteiger partial charge in [-0.05, 0) is 56.0 Å². The zero-order valence-electron chi connectivity index (χ0n) is 16.4. The number of hydrogen-bond donors (Lipinski definition) is 1. The molecule has 4 rings (SSSR count). The topological polar surface area (TPSA) is 85.8 Å². The summed E-state index contributed by atoms with van der Waals surface area (Å²) < 4.78 is 7.21. The Labute approximate surface area is 168 Å². The summed E-state index contributed by atoms with van der Waals surface area (Å²) >= 11 is 1.64. The number of nitrogen functional groups attached to an aromatic ring is 1.